The van der Waals surface area contributed by atoms with Gasteiger partial charge in [-0.15, -0.1) is 0 Å². The minimum atomic E-state index is -0.858. The predicted molar refractivity (Wildman–Crippen MR) is 258 cm³/mol. The summed E-state index contributed by atoms with van der Waals surface area (Å²) < 4.78 is 0. The third kappa shape index (κ3) is 45.9. The fourth-order valence-electron chi connectivity index (χ4n) is 8.37. The highest BCUT2D eigenvalue weighted by Gasteiger charge is 2.18. The van der Waals surface area contributed by atoms with Crippen LogP contribution in [-0.2, 0) is 4.79 Å². The monoisotopic (exact) mass is 816 g/mol. The smallest absolute Gasteiger partial charge is 0.220 e. The molecular formula is C54H105NO3. The van der Waals surface area contributed by atoms with Gasteiger partial charge in [-0.3, -0.25) is 4.79 Å². The van der Waals surface area contributed by atoms with Crippen molar-refractivity contribution in [2.75, 3.05) is 6.61 Å². The van der Waals surface area contributed by atoms with E-state index >= 15 is 0 Å². The molecule has 0 aromatic heterocycles. The summed E-state index contributed by atoms with van der Waals surface area (Å²) >= 11 is 0. The molecule has 0 spiro atoms. The highest BCUT2D eigenvalue weighted by molar-refractivity contribution is 5.76. The molecule has 0 fully saturated rings. The summed E-state index contributed by atoms with van der Waals surface area (Å²) in [5, 5.41) is 23.0. The van der Waals surface area contributed by atoms with E-state index in [1.807, 2.05) is 6.08 Å². The molecule has 0 rings (SSSR count). The fourth-order valence-corrected chi connectivity index (χ4v) is 8.37. The molecule has 0 aliphatic rings. The Labute approximate surface area is 364 Å². The maximum atomic E-state index is 12.4. The molecule has 0 aromatic carbocycles. The second-order valence-corrected chi connectivity index (χ2v) is 18.3. The molecule has 4 nitrogen and oxygen atoms in total. The Morgan fingerprint density at radius 2 is 0.672 bits per heavy atom. The lowest BCUT2D eigenvalue weighted by Crippen LogP contribution is -2.45. The second kappa shape index (κ2) is 50.2. The van der Waals surface area contributed by atoms with Gasteiger partial charge in [-0.05, 0) is 32.1 Å². The quantitative estimate of drug-likeness (QED) is 0.0423. The van der Waals surface area contributed by atoms with E-state index in [2.05, 4.69) is 31.3 Å². The second-order valence-electron chi connectivity index (χ2n) is 18.3. The maximum Gasteiger partial charge on any atom is 0.220 e. The van der Waals surface area contributed by atoms with Gasteiger partial charge < -0.3 is 15.5 Å². The number of aliphatic hydroxyl groups is 2. The van der Waals surface area contributed by atoms with Gasteiger partial charge in [-0.1, -0.05) is 282 Å². The molecule has 4 heteroatoms. The van der Waals surface area contributed by atoms with Crippen molar-refractivity contribution >= 4 is 5.91 Å². The van der Waals surface area contributed by atoms with E-state index in [1.54, 1.807) is 6.08 Å². The van der Waals surface area contributed by atoms with Crippen molar-refractivity contribution in [3.8, 4) is 0 Å². The molecule has 0 aromatic rings. The van der Waals surface area contributed by atoms with Gasteiger partial charge in [0, 0.05) is 6.42 Å². The van der Waals surface area contributed by atoms with Crippen LogP contribution in [0.25, 0.3) is 0 Å². The molecule has 344 valence electrons. The summed E-state index contributed by atoms with van der Waals surface area (Å²) in [6.07, 6.45) is 66.3. The van der Waals surface area contributed by atoms with Crippen molar-refractivity contribution in [3.63, 3.8) is 0 Å². The van der Waals surface area contributed by atoms with E-state index < -0.39 is 12.1 Å². The molecule has 2 unspecified atom stereocenters. The van der Waals surface area contributed by atoms with E-state index in [1.165, 1.54) is 244 Å². The lowest BCUT2D eigenvalue weighted by molar-refractivity contribution is -0.123. The third-order valence-corrected chi connectivity index (χ3v) is 12.4. The topological polar surface area (TPSA) is 69.6 Å². The van der Waals surface area contributed by atoms with Gasteiger partial charge >= 0.3 is 0 Å². The molecule has 0 saturated heterocycles. The number of rotatable bonds is 49. The number of unbranched alkanes of at least 4 members (excludes halogenated alkanes) is 40. The summed E-state index contributed by atoms with van der Waals surface area (Å²) in [5.74, 6) is -0.0685. The number of amides is 1. The average molecular weight is 816 g/mol. The first-order chi connectivity index (χ1) is 28.7. The van der Waals surface area contributed by atoms with Crippen LogP contribution in [0.3, 0.4) is 0 Å². The van der Waals surface area contributed by atoms with E-state index in [9.17, 15) is 15.0 Å². The summed E-state index contributed by atoms with van der Waals surface area (Å²) in [5.41, 5.74) is 0. The minimum absolute atomic E-state index is 0.0685. The van der Waals surface area contributed by atoms with Gasteiger partial charge in [0.25, 0.3) is 0 Å². The number of carbonyl (C=O) groups excluding carboxylic acids is 1. The Hall–Kier alpha value is -1.13. The number of hydrogen-bond donors (Lipinski definition) is 3. The number of allylic oxidation sites excluding steroid dienone is 3. The molecule has 0 radical (unpaired) electrons. The van der Waals surface area contributed by atoms with E-state index in [-0.39, 0.29) is 12.5 Å². The van der Waals surface area contributed by atoms with Crippen LogP contribution in [0.4, 0.5) is 0 Å². The van der Waals surface area contributed by atoms with Crippen LogP contribution in [0.15, 0.2) is 24.3 Å². The standard InChI is InChI=1S/C54H105NO3/c1-3-5-7-9-11-13-15-17-19-20-21-22-23-24-25-26-27-28-29-30-31-32-33-34-35-36-38-40-42-44-46-48-50-54(58)55-52(51-56)53(57)49-47-45-43-41-39-37-18-16-14-12-10-8-6-4-2/h39,41,47,49,52-53,56-57H,3-38,40,42-46,48,50-51H2,1-2H3,(H,55,58)/b41-39+,49-47+. The van der Waals surface area contributed by atoms with Gasteiger partial charge in [0.05, 0.1) is 18.8 Å². The average Bonchev–Trinajstić information content (AvgIpc) is 3.23. The fraction of sp³-hybridized carbons (Fsp3) is 0.907. The van der Waals surface area contributed by atoms with Crippen LogP contribution in [0, 0.1) is 0 Å². The summed E-state index contributed by atoms with van der Waals surface area (Å²) in [7, 11) is 0. The van der Waals surface area contributed by atoms with Crippen LogP contribution in [0.1, 0.15) is 296 Å². The first kappa shape index (κ1) is 56.9. The SMILES string of the molecule is CCCCCCCCCC/C=C/CC/C=C/C(O)C(CO)NC(=O)CCCCCCCCCCCCCCCCCCCCCCCCCCCCCCCCCC. The van der Waals surface area contributed by atoms with Crippen molar-refractivity contribution in [2.45, 2.75) is 309 Å². The number of aliphatic hydroxyl groups excluding tert-OH is 2. The molecule has 58 heavy (non-hydrogen) atoms. The van der Waals surface area contributed by atoms with E-state index in [0.717, 1.165) is 32.1 Å². The Morgan fingerprint density at radius 1 is 0.397 bits per heavy atom. The summed E-state index contributed by atoms with van der Waals surface area (Å²) in [4.78, 5) is 12.4. The molecular weight excluding hydrogens is 711 g/mol. The Bertz CT molecular complexity index is 840. The van der Waals surface area contributed by atoms with Crippen molar-refractivity contribution < 1.29 is 15.0 Å². The van der Waals surface area contributed by atoms with Crippen LogP contribution in [0.5, 0.6) is 0 Å². The van der Waals surface area contributed by atoms with Crippen molar-refractivity contribution in [3.05, 3.63) is 24.3 Å². The number of hydrogen-bond acceptors (Lipinski definition) is 3. The molecule has 0 aliphatic carbocycles. The van der Waals surface area contributed by atoms with Gasteiger partial charge in [-0.25, -0.2) is 0 Å². The van der Waals surface area contributed by atoms with Crippen LogP contribution >= 0.6 is 0 Å². The van der Waals surface area contributed by atoms with Crippen LogP contribution < -0.4 is 5.32 Å². The van der Waals surface area contributed by atoms with Gasteiger partial charge in [0.1, 0.15) is 0 Å². The van der Waals surface area contributed by atoms with Crippen LogP contribution in [-0.4, -0.2) is 34.9 Å². The zero-order chi connectivity index (χ0) is 42.1. The van der Waals surface area contributed by atoms with Crippen molar-refractivity contribution in [1.82, 2.24) is 5.32 Å². The van der Waals surface area contributed by atoms with Crippen molar-refractivity contribution in [2.24, 2.45) is 0 Å². The largest absolute Gasteiger partial charge is 0.394 e. The highest BCUT2D eigenvalue weighted by atomic mass is 16.3. The first-order valence-corrected chi connectivity index (χ1v) is 26.6. The maximum absolute atomic E-state index is 12.4. The molecule has 0 aliphatic heterocycles. The predicted octanol–water partition coefficient (Wildman–Crippen LogP) is 17.1. The molecule has 0 heterocycles. The molecule has 0 saturated carbocycles. The van der Waals surface area contributed by atoms with Gasteiger partial charge in [0.2, 0.25) is 5.91 Å². The lowest BCUT2D eigenvalue weighted by Gasteiger charge is -2.19. The Kier molecular flexibility index (Phi) is 49.2. The van der Waals surface area contributed by atoms with Gasteiger partial charge in [0.15, 0.2) is 0 Å². The normalized spacial score (nSPS) is 13.0. The Balaban J connectivity index is 3.42. The first-order valence-electron chi connectivity index (χ1n) is 26.6. The molecule has 3 N–H and O–H groups in total. The minimum Gasteiger partial charge on any atom is -0.394 e. The Morgan fingerprint density at radius 3 is 1.00 bits per heavy atom. The van der Waals surface area contributed by atoms with Crippen LogP contribution in [0.2, 0.25) is 0 Å². The molecule has 1 amide bonds. The molecule has 0 bridgehead atoms. The van der Waals surface area contributed by atoms with Gasteiger partial charge in [-0.2, -0.15) is 0 Å². The lowest BCUT2D eigenvalue weighted by atomic mass is 10.0. The zero-order valence-corrected chi connectivity index (χ0v) is 39.6. The third-order valence-electron chi connectivity index (χ3n) is 12.4. The van der Waals surface area contributed by atoms with E-state index in [4.69, 9.17) is 0 Å². The highest BCUT2D eigenvalue weighted by Crippen LogP contribution is 2.17. The summed E-state index contributed by atoms with van der Waals surface area (Å²) in [6.45, 7) is 4.31. The molecule has 2 atom stereocenters. The number of carbonyl (C=O) groups is 1. The summed E-state index contributed by atoms with van der Waals surface area (Å²) in [6, 6.07) is -0.635. The zero-order valence-electron chi connectivity index (χ0n) is 39.6. The van der Waals surface area contributed by atoms with Crippen molar-refractivity contribution in [1.29, 1.82) is 0 Å². The van der Waals surface area contributed by atoms with E-state index in [0.29, 0.717) is 6.42 Å². The number of nitrogens with one attached hydrogen (secondary N) is 1.